The van der Waals surface area contributed by atoms with Crippen LogP contribution in [0.4, 0.5) is 5.69 Å². The molecule has 102 valence electrons. The summed E-state index contributed by atoms with van der Waals surface area (Å²) in [5.74, 6) is -1.66. The van der Waals surface area contributed by atoms with Crippen molar-refractivity contribution in [2.24, 2.45) is 0 Å². The van der Waals surface area contributed by atoms with Crippen molar-refractivity contribution in [1.29, 1.82) is 0 Å². The first kappa shape index (κ1) is 14.7. The van der Waals surface area contributed by atoms with Gasteiger partial charge in [-0.05, 0) is 46.3 Å². The quantitative estimate of drug-likeness (QED) is 0.826. The fourth-order valence-electron chi connectivity index (χ4n) is 1.46. The molecular formula is C13H8Br2N2O3. The normalized spacial score (nSPS) is 10.1. The maximum absolute atomic E-state index is 12.0. The van der Waals surface area contributed by atoms with Crippen LogP contribution in [0.3, 0.4) is 0 Å². The summed E-state index contributed by atoms with van der Waals surface area (Å²) in [5.41, 5.74) is 0.426. The number of carbonyl (C=O) groups is 2. The van der Waals surface area contributed by atoms with Gasteiger partial charge in [0.15, 0.2) is 0 Å². The number of nitrogens with one attached hydrogen (secondary N) is 1. The van der Waals surface area contributed by atoms with Crippen LogP contribution in [0.15, 0.2) is 45.3 Å². The van der Waals surface area contributed by atoms with E-state index in [1.54, 1.807) is 12.1 Å². The van der Waals surface area contributed by atoms with Crippen molar-refractivity contribution in [1.82, 2.24) is 4.98 Å². The molecule has 1 amide bonds. The molecule has 0 spiro atoms. The van der Waals surface area contributed by atoms with Gasteiger partial charge in [-0.3, -0.25) is 4.79 Å². The van der Waals surface area contributed by atoms with Gasteiger partial charge in [-0.25, -0.2) is 9.78 Å². The van der Waals surface area contributed by atoms with E-state index in [-0.39, 0.29) is 11.4 Å². The van der Waals surface area contributed by atoms with Crippen LogP contribution in [-0.4, -0.2) is 22.0 Å². The smallest absolute Gasteiger partial charge is 0.354 e. The first-order valence-corrected chi connectivity index (χ1v) is 7.03. The van der Waals surface area contributed by atoms with Crippen LogP contribution in [0, 0.1) is 0 Å². The number of halogens is 2. The van der Waals surface area contributed by atoms with Crippen LogP contribution in [0.5, 0.6) is 0 Å². The van der Waals surface area contributed by atoms with Gasteiger partial charge in [0, 0.05) is 8.95 Å². The standard InChI is InChI=1S/C13H8Br2N2O3/c14-7-4-5-8(15)11(6-7)17-12(18)9-2-1-3-10(16-9)13(19)20/h1-6H,(H,17,18)(H,19,20). The summed E-state index contributed by atoms with van der Waals surface area (Å²) < 4.78 is 1.52. The molecule has 1 aromatic carbocycles. The number of hydrogen-bond acceptors (Lipinski definition) is 3. The van der Waals surface area contributed by atoms with Gasteiger partial charge in [0.1, 0.15) is 11.4 Å². The van der Waals surface area contributed by atoms with Crippen LogP contribution < -0.4 is 5.32 Å². The topological polar surface area (TPSA) is 79.3 Å². The minimum Gasteiger partial charge on any atom is -0.477 e. The summed E-state index contributed by atoms with van der Waals surface area (Å²) in [6, 6.07) is 9.58. The van der Waals surface area contributed by atoms with Gasteiger partial charge >= 0.3 is 5.97 Å². The number of hydrogen-bond donors (Lipinski definition) is 2. The Morgan fingerprint density at radius 3 is 2.50 bits per heavy atom. The minimum absolute atomic E-state index is 0.0387. The van der Waals surface area contributed by atoms with Gasteiger partial charge in [-0.1, -0.05) is 22.0 Å². The first-order chi connectivity index (χ1) is 9.47. The van der Waals surface area contributed by atoms with Crippen molar-refractivity contribution in [3.63, 3.8) is 0 Å². The van der Waals surface area contributed by atoms with Crippen LogP contribution in [0.25, 0.3) is 0 Å². The number of aromatic carboxylic acids is 1. The van der Waals surface area contributed by atoms with Crippen molar-refractivity contribution in [2.45, 2.75) is 0 Å². The second kappa shape index (κ2) is 6.15. The summed E-state index contributed by atoms with van der Waals surface area (Å²) in [6.45, 7) is 0. The Morgan fingerprint density at radius 1 is 1.10 bits per heavy atom. The fraction of sp³-hybridized carbons (Fsp3) is 0. The number of aromatic nitrogens is 1. The van der Waals surface area contributed by atoms with Crippen LogP contribution in [-0.2, 0) is 0 Å². The first-order valence-electron chi connectivity index (χ1n) is 5.44. The van der Waals surface area contributed by atoms with E-state index in [4.69, 9.17) is 5.11 Å². The van der Waals surface area contributed by atoms with E-state index in [1.807, 2.05) is 6.07 Å². The predicted molar refractivity (Wildman–Crippen MR) is 81.0 cm³/mol. The zero-order valence-electron chi connectivity index (χ0n) is 9.93. The highest BCUT2D eigenvalue weighted by atomic mass is 79.9. The maximum Gasteiger partial charge on any atom is 0.354 e. The predicted octanol–water partition coefficient (Wildman–Crippen LogP) is 3.56. The number of carboxylic acids is 1. The molecule has 0 atom stereocenters. The lowest BCUT2D eigenvalue weighted by Gasteiger charge is -2.07. The summed E-state index contributed by atoms with van der Waals surface area (Å²) in [7, 11) is 0. The van der Waals surface area contributed by atoms with E-state index < -0.39 is 11.9 Å². The second-order valence-corrected chi connectivity index (χ2v) is 5.56. The SMILES string of the molecule is O=C(O)c1cccc(C(=O)Nc2cc(Br)ccc2Br)n1. The Hall–Kier alpha value is -1.73. The molecule has 0 saturated heterocycles. The highest BCUT2D eigenvalue weighted by Crippen LogP contribution is 2.26. The molecule has 0 aliphatic carbocycles. The molecule has 0 radical (unpaired) electrons. The van der Waals surface area contributed by atoms with Crippen molar-refractivity contribution in [3.8, 4) is 0 Å². The number of pyridine rings is 1. The molecule has 0 bridgehead atoms. The number of carbonyl (C=O) groups excluding carboxylic acids is 1. The van der Waals surface area contributed by atoms with Gasteiger partial charge in [0.2, 0.25) is 0 Å². The Labute approximate surface area is 131 Å². The van der Waals surface area contributed by atoms with Gasteiger partial charge < -0.3 is 10.4 Å². The number of carboxylic acid groups (broad SMARTS) is 1. The number of rotatable bonds is 3. The molecule has 2 N–H and O–H groups in total. The van der Waals surface area contributed by atoms with Crippen molar-refractivity contribution in [3.05, 3.63) is 56.7 Å². The lowest BCUT2D eigenvalue weighted by molar-refractivity contribution is 0.0690. The van der Waals surface area contributed by atoms with Crippen LogP contribution >= 0.6 is 31.9 Å². The van der Waals surface area contributed by atoms with E-state index in [2.05, 4.69) is 42.2 Å². The van der Waals surface area contributed by atoms with E-state index in [9.17, 15) is 9.59 Å². The molecule has 2 aromatic rings. The lowest BCUT2D eigenvalue weighted by atomic mass is 10.2. The van der Waals surface area contributed by atoms with Crippen LogP contribution in [0.1, 0.15) is 21.0 Å². The van der Waals surface area contributed by atoms with E-state index in [0.717, 1.165) is 4.47 Å². The average Bonchev–Trinajstić information content (AvgIpc) is 2.43. The Kier molecular flexibility index (Phi) is 4.51. The maximum atomic E-state index is 12.0. The molecule has 0 aliphatic rings. The third-order valence-electron chi connectivity index (χ3n) is 2.38. The van der Waals surface area contributed by atoms with Gasteiger partial charge in [0.05, 0.1) is 5.69 Å². The molecule has 0 unspecified atom stereocenters. The molecular weight excluding hydrogens is 392 g/mol. The second-order valence-electron chi connectivity index (χ2n) is 3.79. The van der Waals surface area contributed by atoms with Gasteiger partial charge in [-0.2, -0.15) is 0 Å². The van der Waals surface area contributed by atoms with Crippen molar-refractivity contribution in [2.75, 3.05) is 5.32 Å². The summed E-state index contributed by atoms with van der Waals surface area (Å²) in [5, 5.41) is 11.5. The molecule has 0 saturated carbocycles. The number of nitrogens with zero attached hydrogens (tertiary/aromatic N) is 1. The minimum atomic E-state index is -1.18. The molecule has 7 heteroatoms. The Morgan fingerprint density at radius 2 is 1.80 bits per heavy atom. The highest BCUT2D eigenvalue weighted by Gasteiger charge is 2.12. The zero-order valence-corrected chi connectivity index (χ0v) is 13.1. The Bertz CT molecular complexity index is 689. The third kappa shape index (κ3) is 3.43. The van der Waals surface area contributed by atoms with E-state index in [1.165, 1.54) is 18.2 Å². The highest BCUT2D eigenvalue weighted by molar-refractivity contribution is 9.11. The van der Waals surface area contributed by atoms with Gasteiger partial charge in [-0.15, -0.1) is 0 Å². The van der Waals surface area contributed by atoms with Crippen molar-refractivity contribution < 1.29 is 14.7 Å². The summed E-state index contributed by atoms with van der Waals surface area (Å²) >= 11 is 6.63. The van der Waals surface area contributed by atoms with Gasteiger partial charge in [0.25, 0.3) is 5.91 Å². The molecule has 0 aliphatic heterocycles. The van der Waals surface area contributed by atoms with Crippen molar-refractivity contribution >= 4 is 49.4 Å². The Balaban J connectivity index is 2.26. The molecule has 0 fully saturated rings. The fourth-order valence-corrected chi connectivity index (χ4v) is 2.17. The number of benzene rings is 1. The molecule has 1 heterocycles. The third-order valence-corrected chi connectivity index (χ3v) is 3.56. The largest absolute Gasteiger partial charge is 0.477 e. The number of amides is 1. The molecule has 1 aromatic heterocycles. The zero-order chi connectivity index (χ0) is 14.7. The summed E-state index contributed by atoms with van der Waals surface area (Å²) in [4.78, 5) is 26.7. The number of anilines is 1. The molecule has 20 heavy (non-hydrogen) atoms. The lowest BCUT2D eigenvalue weighted by Crippen LogP contribution is -2.15. The molecule has 2 rings (SSSR count). The van der Waals surface area contributed by atoms with Crippen LogP contribution in [0.2, 0.25) is 0 Å². The molecule has 5 nitrogen and oxygen atoms in total. The summed E-state index contributed by atoms with van der Waals surface area (Å²) in [6.07, 6.45) is 0. The van der Waals surface area contributed by atoms with E-state index >= 15 is 0 Å². The van der Waals surface area contributed by atoms with E-state index in [0.29, 0.717) is 10.2 Å². The monoisotopic (exact) mass is 398 g/mol. The average molecular weight is 400 g/mol.